The summed E-state index contributed by atoms with van der Waals surface area (Å²) in [6, 6.07) is 4.26. The molecular weight excluding hydrogens is 388 g/mol. The van der Waals surface area contributed by atoms with E-state index in [1.807, 2.05) is 0 Å². The highest BCUT2D eigenvalue weighted by atomic mass is 79.9. The maximum Gasteiger partial charge on any atom is 0.331 e. The summed E-state index contributed by atoms with van der Waals surface area (Å²) >= 11 is 9.23. The highest BCUT2D eigenvalue weighted by Crippen LogP contribution is 2.35. The molecule has 0 radical (unpaired) electrons. The van der Waals surface area contributed by atoms with Crippen molar-refractivity contribution >= 4 is 45.4 Å². The smallest absolute Gasteiger partial charge is 0.331 e. The second kappa shape index (κ2) is 6.13. The molecule has 2 fully saturated rings. The van der Waals surface area contributed by atoms with Gasteiger partial charge < -0.3 is 10.1 Å². The zero-order chi connectivity index (χ0) is 16.6. The molecule has 122 valence electrons. The van der Waals surface area contributed by atoms with Crippen molar-refractivity contribution in [3.05, 3.63) is 27.7 Å². The van der Waals surface area contributed by atoms with Crippen LogP contribution in [0.3, 0.4) is 0 Å². The molecular formula is C15H14BrClN2O4. The van der Waals surface area contributed by atoms with Crippen LogP contribution in [-0.4, -0.2) is 34.9 Å². The van der Waals surface area contributed by atoms with Crippen molar-refractivity contribution in [3.8, 4) is 5.75 Å². The third-order valence-corrected chi connectivity index (χ3v) is 4.90. The Morgan fingerprint density at radius 2 is 2.04 bits per heavy atom. The lowest BCUT2D eigenvalue weighted by Crippen LogP contribution is -2.44. The molecule has 3 rings (SSSR count). The van der Waals surface area contributed by atoms with Crippen molar-refractivity contribution < 1.29 is 19.1 Å². The van der Waals surface area contributed by atoms with E-state index in [4.69, 9.17) is 16.3 Å². The molecule has 1 aromatic rings. The molecule has 1 aliphatic carbocycles. The zero-order valence-electron chi connectivity index (χ0n) is 12.1. The monoisotopic (exact) mass is 400 g/mol. The summed E-state index contributed by atoms with van der Waals surface area (Å²) in [6.45, 7) is -0.432. The van der Waals surface area contributed by atoms with Gasteiger partial charge in [-0.2, -0.15) is 0 Å². The van der Waals surface area contributed by atoms with Gasteiger partial charge in [-0.1, -0.05) is 40.4 Å². The predicted octanol–water partition coefficient (Wildman–Crippen LogP) is 2.87. The van der Waals surface area contributed by atoms with E-state index in [2.05, 4.69) is 21.2 Å². The Labute approximate surface area is 146 Å². The van der Waals surface area contributed by atoms with Gasteiger partial charge in [0.05, 0.1) is 5.02 Å². The molecule has 23 heavy (non-hydrogen) atoms. The molecule has 1 aromatic carbocycles. The largest absolute Gasteiger partial charge is 0.424 e. The van der Waals surface area contributed by atoms with Gasteiger partial charge in [0.2, 0.25) is 0 Å². The second-order valence-corrected chi connectivity index (χ2v) is 6.98. The van der Waals surface area contributed by atoms with Crippen LogP contribution in [0.25, 0.3) is 0 Å². The highest BCUT2D eigenvalue weighted by molar-refractivity contribution is 9.10. The molecule has 0 atom stereocenters. The van der Waals surface area contributed by atoms with Crippen molar-refractivity contribution in [2.45, 2.75) is 31.2 Å². The molecule has 0 aromatic heterocycles. The van der Waals surface area contributed by atoms with Gasteiger partial charge in [0.25, 0.3) is 5.91 Å². The maximum absolute atomic E-state index is 12.4. The predicted molar refractivity (Wildman–Crippen MR) is 86.2 cm³/mol. The normalized spacial score (nSPS) is 19.3. The Balaban J connectivity index is 1.68. The van der Waals surface area contributed by atoms with Crippen molar-refractivity contribution in [3.63, 3.8) is 0 Å². The lowest BCUT2D eigenvalue weighted by Gasteiger charge is -2.19. The van der Waals surface area contributed by atoms with Crippen LogP contribution in [0.1, 0.15) is 25.7 Å². The number of nitrogens with zero attached hydrogens (tertiary/aromatic N) is 1. The molecule has 2 aliphatic rings. The van der Waals surface area contributed by atoms with Crippen molar-refractivity contribution in [2.24, 2.45) is 0 Å². The number of esters is 1. The number of rotatable bonds is 3. The van der Waals surface area contributed by atoms with E-state index in [0.717, 1.165) is 22.2 Å². The molecule has 1 aliphatic heterocycles. The summed E-state index contributed by atoms with van der Waals surface area (Å²) in [6.07, 6.45) is 3.00. The fourth-order valence-corrected chi connectivity index (χ4v) is 3.69. The van der Waals surface area contributed by atoms with Gasteiger partial charge >= 0.3 is 12.0 Å². The van der Waals surface area contributed by atoms with E-state index in [-0.39, 0.29) is 16.7 Å². The van der Waals surface area contributed by atoms with Gasteiger partial charge in [0.1, 0.15) is 17.8 Å². The minimum Gasteiger partial charge on any atom is -0.424 e. The van der Waals surface area contributed by atoms with Crippen molar-refractivity contribution in [1.29, 1.82) is 0 Å². The number of imide groups is 1. The topological polar surface area (TPSA) is 75.7 Å². The van der Waals surface area contributed by atoms with Crippen LogP contribution in [-0.2, 0) is 9.59 Å². The summed E-state index contributed by atoms with van der Waals surface area (Å²) in [5.74, 6) is -0.880. The maximum atomic E-state index is 12.4. The molecule has 1 N–H and O–H groups in total. The quantitative estimate of drug-likeness (QED) is 0.480. The number of halogens is 2. The Morgan fingerprint density at radius 1 is 1.35 bits per heavy atom. The first-order valence-electron chi connectivity index (χ1n) is 7.21. The number of nitrogens with one attached hydrogen (secondary N) is 1. The van der Waals surface area contributed by atoms with E-state index < -0.39 is 24.1 Å². The van der Waals surface area contributed by atoms with Crippen LogP contribution >= 0.6 is 27.5 Å². The molecule has 0 bridgehead atoms. The summed E-state index contributed by atoms with van der Waals surface area (Å²) < 4.78 is 5.89. The van der Waals surface area contributed by atoms with Gasteiger partial charge in [-0.25, -0.2) is 9.59 Å². The fourth-order valence-electron chi connectivity index (χ4n) is 2.98. The van der Waals surface area contributed by atoms with Crippen LogP contribution in [0.2, 0.25) is 5.02 Å². The average molecular weight is 402 g/mol. The van der Waals surface area contributed by atoms with Gasteiger partial charge in [0, 0.05) is 4.47 Å². The molecule has 1 saturated heterocycles. The van der Waals surface area contributed by atoms with E-state index >= 15 is 0 Å². The number of urea groups is 1. The fraction of sp³-hybridized carbons (Fsp3) is 0.400. The van der Waals surface area contributed by atoms with E-state index in [1.165, 1.54) is 6.07 Å². The number of hydrogen-bond acceptors (Lipinski definition) is 4. The number of hydrogen-bond donors (Lipinski definition) is 1. The van der Waals surface area contributed by atoms with Crippen LogP contribution < -0.4 is 10.1 Å². The number of amides is 3. The SMILES string of the molecule is O=C(CN1C(=O)NC2(CCCC2)C1=O)Oc1ccc(Br)cc1Cl. The first kappa shape index (κ1) is 16.3. The van der Waals surface area contributed by atoms with E-state index in [0.29, 0.717) is 12.8 Å². The number of carbonyl (C=O) groups excluding carboxylic acids is 3. The second-order valence-electron chi connectivity index (χ2n) is 5.66. The third-order valence-electron chi connectivity index (χ3n) is 4.11. The minimum absolute atomic E-state index is 0.183. The molecule has 3 amide bonds. The van der Waals surface area contributed by atoms with Crippen molar-refractivity contribution in [2.75, 3.05) is 6.54 Å². The molecule has 6 nitrogen and oxygen atoms in total. The van der Waals surface area contributed by atoms with Crippen LogP contribution in [0.15, 0.2) is 22.7 Å². The molecule has 1 spiro atoms. The standard InChI is InChI=1S/C15H14BrClN2O4/c16-9-3-4-11(10(17)7-9)23-12(20)8-19-13(21)15(18-14(19)22)5-1-2-6-15/h3-4,7H,1-2,5-6,8H2,(H,18,22). The van der Waals surface area contributed by atoms with Gasteiger partial charge in [-0.05, 0) is 31.0 Å². The van der Waals surface area contributed by atoms with E-state index in [1.54, 1.807) is 12.1 Å². The van der Waals surface area contributed by atoms with Crippen LogP contribution in [0, 0.1) is 0 Å². The summed E-state index contributed by atoms with van der Waals surface area (Å²) in [4.78, 5) is 37.4. The number of benzene rings is 1. The molecule has 1 saturated carbocycles. The first-order valence-corrected chi connectivity index (χ1v) is 8.38. The first-order chi connectivity index (χ1) is 10.9. The Morgan fingerprint density at radius 3 is 2.70 bits per heavy atom. The zero-order valence-corrected chi connectivity index (χ0v) is 14.4. The summed E-state index contributed by atoms with van der Waals surface area (Å²) in [5.41, 5.74) is -0.827. The minimum atomic E-state index is -0.827. The molecule has 0 unspecified atom stereocenters. The van der Waals surface area contributed by atoms with E-state index in [9.17, 15) is 14.4 Å². The highest BCUT2D eigenvalue weighted by Gasteiger charge is 2.52. The third kappa shape index (κ3) is 3.07. The summed E-state index contributed by atoms with van der Waals surface area (Å²) in [5, 5.41) is 2.98. The Kier molecular flexibility index (Phi) is 4.33. The Hall–Kier alpha value is -1.60. The molecule has 8 heteroatoms. The molecule has 1 heterocycles. The van der Waals surface area contributed by atoms with Crippen molar-refractivity contribution in [1.82, 2.24) is 10.2 Å². The lowest BCUT2D eigenvalue weighted by molar-refractivity contribution is -0.140. The number of ether oxygens (including phenoxy) is 1. The van der Waals surface area contributed by atoms with Gasteiger partial charge in [-0.3, -0.25) is 9.69 Å². The lowest BCUT2D eigenvalue weighted by atomic mass is 9.98. The van der Waals surface area contributed by atoms with Crippen LogP contribution in [0.5, 0.6) is 5.75 Å². The number of carbonyl (C=O) groups is 3. The average Bonchev–Trinajstić information content (AvgIpc) is 3.04. The van der Waals surface area contributed by atoms with Gasteiger partial charge in [0.15, 0.2) is 0 Å². The Bertz CT molecular complexity index is 688. The van der Waals surface area contributed by atoms with Crippen LogP contribution in [0.4, 0.5) is 4.79 Å². The van der Waals surface area contributed by atoms with Gasteiger partial charge in [-0.15, -0.1) is 0 Å². The summed E-state index contributed by atoms with van der Waals surface area (Å²) in [7, 11) is 0.